The first-order valence-electron chi connectivity index (χ1n) is 5.43. The van der Waals surface area contributed by atoms with Crippen LogP contribution in [0.4, 0.5) is 0 Å². The molecule has 0 atom stereocenters. The van der Waals surface area contributed by atoms with Crippen LogP contribution in [0, 0.1) is 6.92 Å². The first-order chi connectivity index (χ1) is 8.02. The van der Waals surface area contributed by atoms with Crippen molar-refractivity contribution in [3.8, 4) is 0 Å². The Morgan fingerprint density at radius 1 is 1.41 bits per heavy atom. The number of rotatable bonds is 4. The molecule has 6 heteroatoms. The molecular formula is C11H15N3O2S. The number of nitrogens with one attached hydrogen (secondary N) is 2. The number of hydrogen-bond acceptors (Lipinski definition) is 3. The van der Waals surface area contributed by atoms with E-state index in [2.05, 4.69) is 14.7 Å². The molecule has 2 N–H and O–H groups in total. The summed E-state index contributed by atoms with van der Waals surface area (Å²) in [7, 11) is -3.18. The molecule has 0 saturated carbocycles. The van der Waals surface area contributed by atoms with Gasteiger partial charge in [0, 0.05) is 0 Å². The highest BCUT2D eigenvalue weighted by Crippen LogP contribution is 2.15. The van der Waals surface area contributed by atoms with Crippen LogP contribution in [0.5, 0.6) is 0 Å². The number of hydrogen-bond donors (Lipinski definition) is 2. The Bertz CT molecular complexity index is 631. The summed E-state index contributed by atoms with van der Waals surface area (Å²) in [6.07, 6.45) is 0. The van der Waals surface area contributed by atoms with Crippen LogP contribution in [0.25, 0.3) is 11.0 Å². The van der Waals surface area contributed by atoms with Crippen molar-refractivity contribution in [2.45, 2.75) is 20.4 Å². The lowest BCUT2D eigenvalue weighted by Gasteiger charge is -2.00. The second-order valence-electron chi connectivity index (χ2n) is 3.88. The molecule has 2 rings (SSSR count). The summed E-state index contributed by atoms with van der Waals surface area (Å²) in [5.41, 5.74) is 2.89. The molecule has 0 fully saturated rings. The zero-order chi connectivity index (χ0) is 12.5. The normalized spacial score (nSPS) is 12.1. The van der Waals surface area contributed by atoms with Gasteiger partial charge in [0.1, 0.15) is 5.82 Å². The van der Waals surface area contributed by atoms with Crippen LogP contribution in [0.1, 0.15) is 18.3 Å². The number of aromatic amines is 1. The van der Waals surface area contributed by atoms with Gasteiger partial charge >= 0.3 is 0 Å². The Hall–Kier alpha value is -1.40. The van der Waals surface area contributed by atoms with E-state index >= 15 is 0 Å². The molecule has 0 aliphatic carbocycles. The second-order valence-corrected chi connectivity index (χ2v) is 5.97. The summed E-state index contributed by atoms with van der Waals surface area (Å²) in [6.45, 7) is 3.78. The average molecular weight is 253 g/mol. The molecule has 0 unspecified atom stereocenters. The zero-order valence-electron chi connectivity index (χ0n) is 9.82. The average Bonchev–Trinajstić information content (AvgIpc) is 2.71. The molecule has 92 valence electrons. The van der Waals surface area contributed by atoms with E-state index < -0.39 is 10.0 Å². The summed E-state index contributed by atoms with van der Waals surface area (Å²) in [6, 6.07) is 5.84. The van der Waals surface area contributed by atoms with Crippen LogP contribution >= 0.6 is 0 Å². The Kier molecular flexibility index (Phi) is 3.17. The molecule has 0 bridgehead atoms. The van der Waals surface area contributed by atoms with Gasteiger partial charge in [-0.25, -0.2) is 18.1 Å². The highest BCUT2D eigenvalue weighted by Gasteiger charge is 2.09. The van der Waals surface area contributed by atoms with Gasteiger partial charge in [-0.2, -0.15) is 0 Å². The lowest BCUT2D eigenvalue weighted by Crippen LogP contribution is -2.25. The van der Waals surface area contributed by atoms with Gasteiger partial charge in [0.2, 0.25) is 10.0 Å². The van der Waals surface area contributed by atoms with Gasteiger partial charge in [0.25, 0.3) is 0 Å². The second kappa shape index (κ2) is 4.46. The van der Waals surface area contributed by atoms with Gasteiger partial charge in [0.05, 0.1) is 23.3 Å². The molecule has 0 radical (unpaired) electrons. The maximum absolute atomic E-state index is 11.3. The highest BCUT2D eigenvalue weighted by molar-refractivity contribution is 7.89. The van der Waals surface area contributed by atoms with Crippen molar-refractivity contribution >= 4 is 21.1 Å². The summed E-state index contributed by atoms with van der Waals surface area (Å²) >= 11 is 0. The van der Waals surface area contributed by atoms with Gasteiger partial charge in [-0.3, -0.25) is 0 Å². The number of benzene rings is 1. The van der Waals surface area contributed by atoms with Crippen molar-refractivity contribution in [3.05, 3.63) is 29.6 Å². The third kappa shape index (κ3) is 2.65. The number of para-hydroxylation sites is 1. The third-order valence-electron chi connectivity index (χ3n) is 2.60. The number of sulfonamides is 1. The maximum Gasteiger partial charge on any atom is 0.211 e. The molecule has 0 aliphatic rings. The SMILES string of the molecule is CCS(=O)(=O)NCc1nc2c(C)cccc2[nH]1. The largest absolute Gasteiger partial charge is 0.341 e. The van der Waals surface area contributed by atoms with Crippen molar-refractivity contribution in [1.82, 2.24) is 14.7 Å². The van der Waals surface area contributed by atoms with Gasteiger partial charge in [0.15, 0.2) is 0 Å². The van der Waals surface area contributed by atoms with Gasteiger partial charge in [-0.05, 0) is 25.5 Å². The fraction of sp³-hybridized carbons (Fsp3) is 0.364. The first kappa shape index (κ1) is 12.1. The van der Waals surface area contributed by atoms with Crippen LogP contribution < -0.4 is 4.72 Å². The molecule has 1 aromatic carbocycles. The van der Waals surface area contributed by atoms with E-state index in [1.165, 1.54) is 0 Å². The Morgan fingerprint density at radius 2 is 2.18 bits per heavy atom. The molecule has 0 saturated heterocycles. The van der Waals surface area contributed by atoms with Crippen LogP contribution in [0.3, 0.4) is 0 Å². The van der Waals surface area contributed by atoms with E-state index in [1.54, 1.807) is 6.92 Å². The lowest BCUT2D eigenvalue weighted by atomic mass is 10.2. The van der Waals surface area contributed by atoms with Crippen LogP contribution in [-0.2, 0) is 16.6 Å². The standard InChI is InChI=1S/C11H15N3O2S/c1-3-17(15,16)12-7-10-13-9-6-4-5-8(2)11(9)14-10/h4-6,12H,3,7H2,1-2H3,(H,13,14). The topological polar surface area (TPSA) is 74.8 Å². The number of aromatic nitrogens is 2. The van der Waals surface area contributed by atoms with Gasteiger partial charge in [-0.15, -0.1) is 0 Å². The van der Waals surface area contributed by atoms with Crippen molar-refractivity contribution < 1.29 is 8.42 Å². The van der Waals surface area contributed by atoms with Crippen molar-refractivity contribution in [3.63, 3.8) is 0 Å². The molecule has 0 aliphatic heterocycles. The van der Waals surface area contributed by atoms with Crippen LogP contribution in [0.15, 0.2) is 18.2 Å². The Balaban J connectivity index is 2.24. The minimum absolute atomic E-state index is 0.0757. The minimum Gasteiger partial charge on any atom is -0.341 e. The highest BCUT2D eigenvalue weighted by atomic mass is 32.2. The molecule has 17 heavy (non-hydrogen) atoms. The number of imidazole rings is 1. The molecule has 1 aromatic heterocycles. The fourth-order valence-corrected chi connectivity index (χ4v) is 2.15. The summed E-state index contributed by atoms with van der Waals surface area (Å²) < 4.78 is 25.1. The minimum atomic E-state index is -3.18. The van der Waals surface area contributed by atoms with E-state index in [0.717, 1.165) is 16.6 Å². The van der Waals surface area contributed by atoms with Crippen LogP contribution in [-0.4, -0.2) is 24.1 Å². The van der Waals surface area contributed by atoms with Crippen molar-refractivity contribution in [1.29, 1.82) is 0 Å². The van der Waals surface area contributed by atoms with Gasteiger partial charge < -0.3 is 4.98 Å². The molecule has 2 aromatic rings. The predicted octanol–water partition coefficient (Wildman–Crippen LogP) is 1.31. The number of aryl methyl sites for hydroxylation is 1. The third-order valence-corrected chi connectivity index (χ3v) is 3.95. The zero-order valence-corrected chi connectivity index (χ0v) is 10.6. The van der Waals surface area contributed by atoms with E-state index in [0.29, 0.717) is 5.82 Å². The fourth-order valence-electron chi connectivity index (χ4n) is 1.59. The Labute approximate surface area is 100 Å². The number of fused-ring (bicyclic) bond motifs is 1. The number of H-pyrrole nitrogens is 1. The van der Waals surface area contributed by atoms with E-state index in [1.807, 2.05) is 25.1 Å². The molecular weight excluding hydrogens is 238 g/mol. The smallest absolute Gasteiger partial charge is 0.211 e. The summed E-state index contributed by atoms with van der Waals surface area (Å²) in [5.74, 6) is 0.707. The molecule has 1 heterocycles. The number of nitrogens with zero attached hydrogens (tertiary/aromatic N) is 1. The van der Waals surface area contributed by atoms with Gasteiger partial charge in [-0.1, -0.05) is 12.1 Å². The lowest BCUT2D eigenvalue weighted by molar-refractivity contribution is 0.581. The van der Waals surface area contributed by atoms with E-state index in [9.17, 15) is 8.42 Å². The maximum atomic E-state index is 11.3. The van der Waals surface area contributed by atoms with Crippen molar-refractivity contribution in [2.75, 3.05) is 5.75 Å². The molecule has 0 spiro atoms. The first-order valence-corrected chi connectivity index (χ1v) is 7.08. The van der Waals surface area contributed by atoms with Crippen molar-refractivity contribution in [2.24, 2.45) is 0 Å². The molecule has 0 amide bonds. The monoisotopic (exact) mass is 253 g/mol. The predicted molar refractivity (Wildman–Crippen MR) is 67.1 cm³/mol. The summed E-state index contributed by atoms with van der Waals surface area (Å²) in [5, 5.41) is 0. The quantitative estimate of drug-likeness (QED) is 0.862. The van der Waals surface area contributed by atoms with Crippen LogP contribution in [0.2, 0.25) is 0 Å². The Morgan fingerprint density at radius 3 is 2.82 bits per heavy atom. The van der Waals surface area contributed by atoms with E-state index in [4.69, 9.17) is 0 Å². The molecule has 5 nitrogen and oxygen atoms in total. The van der Waals surface area contributed by atoms with E-state index in [-0.39, 0.29) is 12.3 Å². The summed E-state index contributed by atoms with van der Waals surface area (Å²) in [4.78, 5) is 7.46.